The van der Waals surface area contributed by atoms with Crippen LogP contribution in [0, 0.1) is 0 Å². The van der Waals surface area contributed by atoms with Crippen molar-refractivity contribution in [2.75, 3.05) is 39.8 Å². The van der Waals surface area contributed by atoms with Crippen molar-refractivity contribution in [2.24, 2.45) is 0 Å². The van der Waals surface area contributed by atoms with Crippen LogP contribution in [0.3, 0.4) is 0 Å². The Bertz CT molecular complexity index is 777. The third-order valence-corrected chi connectivity index (χ3v) is 6.11. The van der Waals surface area contributed by atoms with E-state index in [4.69, 9.17) is 0 Å². The first-order valence-electron chi connectivity index (χ1n) is 10.5. The number of hydrogen-bond donors (Lipinski definition) is 1. The van der Waals surface area contributed by atoms with E-state index in [0.29, 0.717) is 18.5 Å². The third-order valence-electron chi connectivity index (χ3n) is 6.11. The zero-order chi connectivity index (χ0) is 19.3. The molecule has 164 valence electrons. The van der Waals surface area contributed by atoms with Gasteiger partial charge in [0.2, 0.25) is 5.91 Å². The zero-order valence-electron chi connectivity index (χ0n) is 17.6. The highest BCUT2D eigenvalue weighted by Crippen LogP contribution is 2.40. The molecule has 0 unspecified atom stereocenters. The summed E-state index contributed by atoms with van der Waals surface area (Å²) in [6.45, 7) is 4.15. The Morgan fingerprint density at radius 3 is 2.13 bits per heavy atom. The topological polar surface area (TPSA) is 35.6 Å². The predicted octanol–water partition coefficient (Wildman–Crippen LogP) is 3.53. The smallest absolute Gasteiger partial charge is 0.236 e. The monoisotopic (exact) mass is 449 g/mol. The fraction of sp³-hybridized carbons (Fsp3) is 0.458. The van der Waals surface area contributed by atoms with Gasteiger partial charge in [-0.05, 0) is 43.0 Å². The summed E-state index contributed by atoms with van der Waals surface area (Å²) in [6, 6.07) is 20.2. The molecule has 0 spiro atoms. The van der Waals surface area contributed by atoms with Crippen molar-refractivity contribution in [3.63, 3.8) is 0 Å². The molecular formula is C24H33Cl2N3O. The second-order valence-electron chi connectivity index (χ2n) is 8.24. The number of piperazine rings is 1. The molecule has 4 nitrogen and oxygen atoms in total. The number of nitrogens with zero attached hydrogens (tertiary/aromatic N) is 2. The molecule has 1 amide bonds. The van der Waals surface area contributed by atoms with Gasteiger partial charge in [0.1, 0.15) is 0 Å². The molecule has 1 aliphatic carbocycles. The summed E-state index contributed by atoms with van der Waals surface area (Å²) < 4.78 is 0. The van der Waals surface area contributed by atoms with Gasteiger partial charge < -0.3 is 15.1 Å². The van der Waals surface area contributed by atoms with Crippen LogP contribution >= 0.6 is 24.8 Å². The van der Waals surface area contributed by atoms with Gasteiger partial charge in [0, 0.05) is 38.1 Å². The number of benzene rings is 2. The molecule has 1 saturated heterocycles. The van der Waals surface area contributed by atoms with Gasteiger partial charge in [-0.2, -0.15) is 0 Å². The van der Waals surface area contributed by atoms with Crippen LogP contribution in [0.15, 0.2) is 54.6 Å². The Kier molecular flexibility index (Phi) is 9.63. The van der Waals surface area contributed by atoms with Crippen LogP contribution in [0.2, 0.25) is 0 Å². The lowest BCUT2D eigenvalue weighted by Crippen LogP contribution is -2.49. The molecule has 2 aliphatic rings. The van der Waals surface area contributed by atoms with Crippen LogP contribution in [-0.4, -0.2) is 61.5 Å². The van der Waals surface area contributed by atoms with E-state index in [-0.39, 0.29) is 30.7 Å². The highest BCUT2D eigenvalue weighted by Gasteiger charge is 2.38. The molecule has 0 bridgehead atoms. The van der Waals surface area contributed by atoms with Gasteiger partial charge in [0.05, 0.1) is 6.54 Å². The van der Waals surface area contributed by atoms with E-state index in [2.05, 4.69) is 71.9 Å². The van der Waals surface area contributed by atoms with Gasteiger partial charge in [-0.1, -0.05) is 54.6 Å². The minimum atomic E-state index is 0. The van der Waals surface area contributed by atoms with Gasteiger partial charge in [-0.15, -0.1) is 24.8 Å². The van der Waals surface area contributed by atoms with Crippen molar-refractivity contribution >= 4 is 30.7 Å². The molecule has 2 aromatic carbocycles. The molecule has 2 aromatic rings. The third kappa shape index (κ3) is 6.71. The molecule has 1 saturated carbocycles. The van der Waals surface area contributed by atoms with Crippen LogP contribution in [0.4, 0.5) is 0 Å². The molecule has 6 heteroatoms. The maximum absolute atomic E-state index is 12.4. The Balaban J connectivity index is 0.00000160. The zero-order valence-corrected chi connectivity index (χ0v) is 19.3. The number of likely N-dealkylation sites (N-methyl/N-ethyl adjacent to an activating group) is 1. The number of carbonyl (C=O) groups is 1. The summed E-state index contributed by atoms with van der Waals surface area (Å²) in [5, 5.41) is 3.47. The quantitative estimate of drug-likeness (QED) is 0.701. The Morgan fingerprint density at radius 2 is 1.50 bits per heavy atom. The van der Waals surface area contributed by atoms with Gasteiger partial charge in [-0.3, -0.25) is 4.79 Å². The maximum atomic E-state index is 12.4. The number of halogens is 2. The first kappa shape index (κ1) is 24.7. The van der Waals surface area contributed by atoms with E-state index in [1.807, 2.05) is 4.90 Å². The Morgan fingerprint density at radius 1 is 0.900 bits per heavy atom. The molecule has 2 fully saturated rings. The normalized spacial score (nSPS) is 20.8. The fourth-order valence-corrected chi connectivity index (χ4v) is 4.04. The summed E-state index contributed by atoms with van der Waals surface area (Å²) >= 11 is 0. The van der Waals surface area contributed by atoms with Gasteiger partial charge in [0.15, 0.2) is 0 Å². The summed E-state index contributed by atoms with van der Waals surface area (Å²) in [7, 11) is 2.11. The number of carbonyl (C=O) groups excluding carboxylic acids is 1. The van der Waals surface area contributed by atoms with Crippen molar-refractivity contribution in [3.05, 3.63) is 71.3 Å². The first-order valence-corrected chi connectivity index (χ1v) is 10.5. The van der Waals surface area contributed by atoms with E-state index >= 15 is 0 Å². The molecular weight excluding hydrogens is 417 g/mol. The van der Waals surface area contributed by atoms with E-state index in [1.54, 1.807) is 0 Å². The molecule has 0 radical (unpaired) electrons. The van der Waals surface area contributed by atoms with Crippen molar-refractivity contribution in [1.82, 2.24) is 15.1 Å². The predicted molar refractivity (Wildman–Crippen MR) is 128 cm³/mol. The van der Waals surface area contributed by atoms with Crippen molar-refractivity contribution in [3.8, 4) is 0 Å². The van der Waals surface area contributed by atoms with Crippen LogP contribution in [-0.2, 0) is 17.6 Å². The standard InChI is InChI=1S/C24H31N3O.2ClH/c1-26-13-15-27(16-14-26)24(28)18-25-23-17-22(23)21-11-9-20(10-12-21)8-7-19-5-3-2-4-6-19;;/h2-6,9-12,22-23,25H,7-8,13-18H2,1H3;2*1H/t22-,23+;;/m0../s1. The van der Waals surface area contributed by atoms with Gasteiger partial charge in [-0.25, -0.2) is 0 Å². The average Bonchev–Trinajstić information content (AvgIpc) is 3.52. The lowest BCUT2D eigenvalue weighted by Gasteiger charge is -2.32. The number of hydrogen-bond acceptors (Lipinski definition) is 3. The highest BCUT2D eigenvalue weighted by atomic mass is 35.5. The number of amides is 1. The lowest BCUT2D eigenvalue weighted by atomic mass is 10.0. The van der Waals surface area contributed by atoms with Gasteiger partial charge in [0.25, 0.3) is 0 Å². The summed E-state index contributed by atoms with van der Waals surface area (Å²) in [6.07, 6.45) is 3.30. The number of nitrogens with one attached hydrogen (secondary N) is 1. The second kappa shape index (κ2) is 11.7. The van der Waals surface area contributed by atoms with Gasteiger partial charge >= 0.3 is 0 Å². The molecule has 1 heterocycles. The molecule has 1 N–H and O–H groups in total. The largest absolute Gasteiger partial charge is 0.339 e. The second-order valence-corrected chi connectivity index (χ2v) is 8.24. The maximum Gasteiger partial charge on any atom is 0.236 e. The molecule has 4 rings (SSSR count). The lowest BCUT2D eigenvalue weighted by molar-refractivity contribution is -0.131. The minimum Gasteiger partial charge on any atom is -0.339 e. The SMILES string of the molecule is CN1CCN(C(=O)CN[C@@H]2C[C@H]2c2ccc(CCc3ccccc3)cc2)CC1.Cl.Cl. The summed E-state index contributed by atoms with van der Waals surface area (Å²) in [5.74, 6) is 0.804. The van der Waals surface area contributed by atoms with Crippen LogP contribution < -0.4 is 5.32 Å². The van der Waals surface area contributed by atoms with E-state index in [0.717, 1.165) is 45.4 Å². The Hall–Kier alpha value is -1.59. The first-order chi connectivity index (χ1) is 13.7. The van der Waals surface area contributed by atoms with Crippen LogP contribution in [0.1, 0.15) is 29.0 Å². The van der Waals surface area contributed by atoms with Crippen molar-refractivity contribution in [2.45, 2.75) is 31.2 Å². The van der Waals surface area contributed by atoms with E-state index in [9.17, 15) is 4.79 Å². The highest BCUT2D eigenvalue weighted by molar-refractivity contribution is 5.85. The summed E-state index contributed by atoms with van der Waals surface area (Å²) in [5.41, 5.74) is 4.18. The van der Waals surface area contributed by atoms with E-state index < -0.39 is 0 Å². The average molecular weight is 450 g/mol. The molecule has 2 atom stereocenters. The van der Waals surface area contributed by atoms with Crippen LogP contribution in [0.5, 0.6) is 0 Å². The molecule has 30 heavy (non-hydrogen) atoms. The molecule has 1 aliphatic heterocycles. The van der Waals surface area contributed by atoms with E-state index in [1.165, 1.54) is 16.7 Å². The fourth-order valence-electron chi connectivity index (χ4n) is 4.04. The molecule has 0 aromatic heterocycles. The minimum absolute atomic E-state index is 0. The Labute approximate surface area is 192 Å². The number of rotatable bonds is 7. The summed E-state index contributed by atoms with van der Waals surface area (Å²) in [4.78, 5) is 16.6. The number of aryl methyl sites for hydroxylation is 2. The van der Waals surface area contributed by atoms with Crippen molar-refractivity contribution < 1.29 is 4.79 Å². The van der Waals surface area contributed by atoms with Crippen LogP contribution in [0.25, 0.3) is 0 Å². The van der Waals surface area contributed by atoms with Crippen molar-refractivity contribution in [1.29, 1.82) is 0 Å².